The van der Waals surface area contributed by atoms with Crippen molar-refractivity contribution < 1.29 is 24.5 Å². The minimum atomic E-state index is -1.07. The highest BCUT2D eigenvalue weighted by Crippen LogP contribution is 2.54. The van der Waals surface area contributed by atoms with Crippen LogP contribution in [0.15, 0.2) is 65.8 Å². The maximum Gasteiger partial charge on any atom is 0.326 e. The summed E-state index contributed by atoms with van der Waals surface area (Å²) in [6.07, 6.45) is 0.738. The first-order valence-corrected chi connectivity index (χ1v) is 18.0. The van der Waals surface area contributed by atoms with E-state index in [2.05, 4.69) is 26.1 Å². The van der Waals surface area contributed by atoms with Crippen molar-refractivity contribution in [1.29, 1.82) is 0 Å². The van der Waals surface area contributed by atoms with Crippen LogP contribution in [-0.2, 0) is 21.3 Å². The molecule has 1 fully saturated rings. The van der Waals surface area contributed by atoms with Crippen LogP contribution >= 0.6 is 23.2 Å². The zero-order chi connectivity index (χ0) is 37.1. The summed E-state index contributed by atoms with van der Waals surface area (Å²) in [4.78, 5) is 43.5. The second-order valence-electron chi connectivity index (χ2n) is 14.4. The number of hydrogen-bond acceptors (Lipinski definition) is 8. The van der Waals surface area contributed by atoms with E-state index in [1.165, 1.54) is 0 Å². The zero-order valence-electron chi connectivity index (χ0n) is 30.1. The van der Waals surface area contributed by atoms with Gasteiger partial charge in [0.2, 0.25) is 5.91 Å². The summed E-state index contributed by atoms with van der Waals surface area (Å²) in [6, 6.07) is 16.7. The number of amidine groups is 1. The van der Waals surface area contributed by atoms with Crippen LogP contribution in [0.1, 0.15) is 63.9 Å². The number of rotatable bonds is 10. The van der Waals surface area contributed by atoms with Crippen LogP contribution in [-0.4, -0.2) is 106 Å². The van der Waals surface area contributed by atoms with Gasteiger partial charge < -0.3 is 25.2 Å². The first kappa shape index (κ1) is 38.5. The van der Waals surface area contributed by atoms with Crippen molar-refractivity contribution in [2.45, 2.75) is 64.1 Å². The first-order chi connectivity index (χ1) is 24.1. The Balaban J connectivity index is 1.60. The third-order valence-corrected chi connectivity index (χ3v) is 10.4. The molecule has 0 saturated carbocycles. The number of amides is 3. The Morgan fingerprint density at radius 2 is 1.57 bits per heavy atom. The highest BCUT2D eigenvalue weighted by Gasteiger charge is 2.60. The quantitative estimate of drug-likeness (QED) is 0.261. The number of halogens is 2. The van der Waals surface area contributed by atoms with E-state index in [4.69, 9.17) is 43.0 Å². The van der Waals surface area contributed by atoms with Gasteiger partial charge in [-0.15, -0.1) is 0 Å². The molecule has 1 saturated heterocycles. The van der Waals surface area contributed by atoms with Gasteiger partial charge >= 0.3 is 6.03 Å². The van der Waals surface area contributed by atoms with Crippen LogP contribution in [0, 0.1) is 0 Å². The molecule has 0 bridgehead atoms. The minimum absolute atomic E-state index is 0.0319. The Labute approximate surface area is 310 Å². The van der Waals surface area contributed by atoms with E-state index in [-0.39, 0.29) is 30.4 Å². The smallest absolute Gasteiger partial charge is 0.326 e. The van der Waals surface area contributed by atoms with Crippen LogP contribution in [0.5, 0.6) is 5.75 Å². The number of nitrogens with zero attached hydrogens (tertiary/aromatic N) is 5. The van der Waals surface area contributed by atoms with Crippen LogP contribution in [0.4, 0.5) is 4.79 Å². The van der Waals surface area contributed by atoms with Gasteiger partial charge in [0.1, 0.15) is 22.7 Å². The molecule has 51 heavy (non-hydrogen) atoms. The SMILES string of the molecule is CCOc1cc(C(C)(C)C)ncc1C1=N[C@@](C)(c2ccc(Cl)cc2)[C@@](C)(c2ccc(Cl)cc2)N1C(=O)N1CCN(CC(=O)NCC(O)CO)CC1. The van der Waals surface area contributed by atoms with Crippen molar-refractivity contribution in [2.75, 3.05) is 52.5 Å². The molecule has 3 atom stereocenters. The van der Waals surface area contributed by atoms with Crippen LogP contribution in [0.2, 0.25) is 10.0 Å². The van der Waals surface area contributed by atoms with E-state index in [0.717, 1.165) is 16.8 Å². The van der Waals surface area contributed by atoms with E-state index in [1.54, 1.807) is 16.0 Å². The number of carbonyl (C=O) groups excluding carboxylic acids is 2. The van der Waals surface area contributed by atoms with Gasteiger partial charge in [-0.1, -0.05) is 68.2 Å². The number of urea groups is 1. The Kier molecular flexibility index (Phi) is 11.7. The molecular formula is C38H48Cl2N6O5. The molecule has 2 aromatic carbocycles. The fourth-order valence-corrected chi connectivity index (χ4v) is 6.90. The highest BCUT2D eigenvalue weighted by molar-refractivity contribution is 6.30. The number of pyridine rings is 1. The molecule has 3 N–H and O–H groups in total. The molecule has 3 aromatic rings. The number of aromatic nitrogens is 1. The van der Waals surface area contributed by atoms with Crippen molar-refractivity contribution in [2.24, 2.45) is 4.99 Å². The van der Waals surface area contributed by atoms with Gasteiger partial charge in [0.15, 0.2) is 0 Å². The topological polar surface area (TPSA) is 131 Å². The number of piperazine rings is 1. The summed E-state index contributed by atoms with van der Waals surface area (Å²) >= 11 is 12.8. The average Bonchev–Trinajstić information content (AvgIpc) is 3.35. The zero-order valence-corrected chi connectivity index (χ0v) is 31.6. The molecule has 5 rings (SSSR count). The number of hydrogen-bond donors (Lipinski definition) is 3. The number of aliphatic hydroxyl groups is 2. The van der Waals surface area contributed by atoms with Gasteiger partial charge in [0.25, 0.3) is 0 Å². The molecule has 3 heterocycles. The molecule has 1 aromatic heterocycles. The fraction of sp³-hybridized carbons (Fsp3) is 0.474. The van der Waals surface area contributed by atoms with Crippen molar-refractivity contribution in [1.82, 2.24) is 25.0 Å². The van der Waals surface area contributed by atoms with E-state index in [9.17, 15) is 9.90 Å². The van der Waals surface area contributed by atoms with Gasteiger partial charge in [-0.3, -0.25) is 24.6 Å². The van der Waals surface area contributed by atoms with E-state index in [0.29, 0.717) is 60.0 Å². The molecular weight excluding hydrogens is 691 g/mol. The lowest BCUT2D eigenvalue weighted by Gasteiger charge is -2.47. The Hall–Kier alpha value is -3.74. The van der Waals surface area contributed by atoms with Gasteiger partial charge in [-0.05, 0) is 56.2 Å². The normalized spacial score (nSPS) is 21.7. The Morgan fingerprint density at radius 3 is 2.12 bits per heavy atom. The number of aliphatic hydroxyl groups excluding tert-OH is 2. The van der Waals surface area contributed by atoms with Crippen molar-refractivity contribution in [3.05, 3.63) is 93.2 Å². The maximum atomic E-state index is 15.2. The number of benzene rings is 2. The molecule has 0 radical (unpaired) electrons. The van der Waals surface area contributed by atoms with Crippen molar-refractivity contribution in [3.63, 3.8) is 0 Å². The second-order valence-corrected chi connectivity index (χ2v) is 15.2. The van der Waals surface area contributed by atoms with Gasteiger partial charge in [0, 0.05) is 66.1 Å². The molecule has 2 aliphatic heterocycles. The monoisotopic (exact) mass is 738 g/mol. The molecule has 0 aliphatic carbocycles. The molecule has 2 aliphatic rings. The first-order valence-electron chi connectivity index (χ1n) is 17.2. The predicted octanol–water partition coefficient (Wildman–Crippen LogP) is 5.18. The number of nitrogens with one attached hydrogen (secondary N) is 1. The van der Waals surface area contributed by atoms with E-state index >= 15 is 4.79 Å². The third-order valence-electron chi connectivity index (χ3n) is 9.87. The summed E-state index contributed by atoms with van der Waals surface area (Å²) in [5.41, 5.74) is 0.790. The molecule has 0 spiro atoms. The summed E-state index contributed by atoms with van der Waals surface area (Å²) in [6.45, 7) is 13.9. The molecule has 3 amide bonds. The third kappa shape index (κ3) is 7.88. The fourth-order valence-electron chi connectivity index (χ4n) is 6.65. The lowest BCUT2D eigenvalue weighted by atomic mass is 9.71. The molecule has 1 unspecified atom stereocenters. The predicted molar refractivity (Wildman–Crippen MR) is 200 cm³/mol. The lowest BCUT2D eigenvalue weighted by Crippen LogP contribution is -2.61. The van der Waals surface area contributed by atoms with Crippen molar-refractivity contribution in [3.8, 4) is 5.75 Å². The standard InChI is InChI=1S/C38H48Cl2N6O5/c1-7-51-31-20-32(36(2,3)4)41-22-30(31)34-43-37(5,25-8-12-27(39)13-9-25)38(6,26-10-14-28(40)15-11-26)46(34)35(50)45-18-16-44(17-19-45)23-33(49)42-21-29(48)24-47/h8-15,20,22,29,47-48H,7,16-19,21,23-24H2,1-6H3,(H,42,49)/t29?,37-,38+/m0/s1. The largest absolute Gasteiger partial charge is 0.493 e. The average molecular weight is 740 g/mol. The molecule has 274 valence electrons. The van der Waals surface area contributed by atoms with E-state index in [1.807, 2.05) is 80.3 Å². The second kappa shape index (κ2) is 15.5. The highest BCUT2D eigenvalue weighted by atomic mass is 35.5. The van der Waals surface area contributed by atoms with Crippen LogP contribution in [0.3, 0.4) is 0 Å². The minimum Gasteiger partial charge on any atom is -0.493 e. The van der Waals surface area contributed by atoms with E-state index < -0.39 is 23.8 Å². The Morgan fingerprint density at radius 1 is 0.980 bits per heavy atom. The van der Waals surface area contributed by atoms with Crippen molar-refractivity contribution >= 4 is 41.0 Å². The number of aliphatic imine (C=N–C) groups is 1. The van der Waals surface area contributed by atoms with Crippen LogP contribution < -0.4 is 10.1 Å². The van der Waals surface area contributed by atoms with Crippen LogP contribution in [0.25, 0.3) is 0 Å². The number of carbonyl (C=O) groups is 2. The molecule has 11 nitrogen and oxygen atoms in total. The summed E-state index contributed by atoms with van der Waals surface area (Å²) in [5, 5.41) is 22.5. The summed E-state index contributed by atoms with van der Waals surface area (Å²) in [7, 11) is 0. The molecule has 13 heteroatoms. The van der Waals surface area contributed by atoms with Gasteiger partial charge in [-0.25, -0.2) is 4.79 Å². The lowest BCUT2D eigenvalue weighted by molar-refractivity contribution is -0.123. The number of ether oxygens (including phenoxy) is 1. The van der Waals surface area contributed by atoms with Gasteiger partial charge in [0.05, 0.1) is 31.4 Å². The summed E-state index contributed by atoms with van der Waals surface area (Å²) < 4.78 is 6.25. The van der Waals surface area contributed by atoms with Gasteiger partial charge in [-0.2, -0.15) is 0 Å². The summed E-state index contributed by atoms with van der Waals surface area (Å²) in [5.74, 6) is 0.741. The maximum absolute atomic E-state index is 15.2. The Bertz CT molecular complexity index is 1740.